The first-order valence-electron chi connectivity index (χ1n) is 18.1. The highest BCUT2D eigenvalue weighted by atomic mass is 15.1. The molecule has 4 aliphatic carbocycles. The van der Waals surface area contributed by atoms with Crippen molar-refractivity contribution in [2.75, 3.05) is 4.90 Å². The summed E-state index contributed by atoms with van der Waals surface area (Å²) >= 11 is 0. The molecule has 1 spiro atoms. The van der Waals surface area contributed by atoms with Gasteiger partial charge in [0.25, 0.3) is 0 Å². The highest BCUT2D eigenvalue weighted by Gasteiger charge is 2.57. The average Bonchev–Trinajstić information content (AvgIpc) is 3.58. The highest BCUT2D eigenvalue weighted by molar-refractivity contribution is 5.93. The van der Waals surface area contributed by atoms with Crippen molar-refractivity contribution in [3.05, 3.63) is 163 Å². The lowest BCUT2D eigenvalue weighted by molar-refractivity contribution is 0.250. The zero-order valence-electron chi connectivity index (χ0n) is 27.4. The van der Waals surface area contributed by atoms with Crippen LogP contribution in [0.15, 0.2) is 152 Å². The average molecular weight is 620 g/mol. The Morgan fingerprint density at radius 3 is 1.79 bits per heavy atom. The minimum atomic E-state index is 0.173. The van der Waals surface area contributed by atoms with Gasteiger partial charge >= 0.3 is 0 Å². The highest BCUT2D eigenvalue weighted by Crippen LogP contribution is 2.67. The van der Waals surface area contributed by atoms with E-state index in [-0.39, 0.29) is 5.41 Å². The van der Waals surface area contributed by atoms with Crippen LogP contribution < -0.4 is 4.90 Å². The molecule has 48 heavy (non-hydrogen) atoms. The lowest BCUT2D eigenvalue weighted by Crippen LogP contribution is -2.36. The topological polar surface area (TPSA) is 3.24 Å². The Bertz CT molecular complexity index is 2100. The van der Waals surface area contributed by atoms with Gasteiger partial charge in [-0.25, -0.2) is 0 Å². The van der Waals surface area contributed by atoms with Crippen molar-refractivity contribution in [1.29, 1.82) is 0 Å². The maximum Gasteiger partial charge on any atom is 0.0462 e. The Balaban J connectivity index is 1.06. The van der Waals surface area contributed by atoms with E-state index in [1.165, 1.54) is 77.6 Å². The molecule has 4 aliphatic rings. The molecule has 0 N–H and O–H groups in total. The second-order valence-electron chi connectivity index (χ2n) is 15.0. The van der Waals surface area contributed by atoms with Gasteiger partial charge in [0.2, 0.25) is 0 Å². The van der Waals surface area contributed by atoms with Gasteiger partial charge in [0.15, 0.2) is 0 Å². The Labute approximate surface area is 284 Å². The molecule has 4 unspecified atom stereocenters. The van der Waals surface area contributed by atoms with E-state index in [4.69, 9.17) is 0 Å². The van der Waals surface area contributed by atoms with E-state index < -0.39 is 0 Å². The summed E-state index contributed by atoms with van der Waals surface area (Å²) in [6.45, 7) is 0. The van der Waals surface area contributed by atoms with Crippen molar-refractivity contribution >= 4 is 17.1 Å². The monoisotopic (exact) mass is 619 g/mol. The Hall–Kier alpha value is -4.88. The van der Waals surface area contributed by atoms with Gasteiger partial charge < -0.3 is 4.90 Å². The summed E-state index contributed by atoms with van der Waals surface area (Å²) in [5, 5.41) is 0. The van der Waals surface area contributed by atoms with Crippen molar-refractivity contribution in [2.24, 2.45) is 23.7 Å². The van der Waals surface area contributed by atoms with Gasteiger partial charge in [0, 0.05) is 22.5 Å². The molecule has 0 amide bonds. The van der Waals surface area contributed by atoms with E-state index >= 15 is 0 Å². The van der Waals surface area contributed by atoms with Gasteiger partial charge in [0.1, 0.15) is 0 Å². The van der Waals surface area contributed by atoms with Crippen LogP contribution >= 0.6 is 0 Å². The normalized spacial score (nSPS) is 24.7. The lowest BCUT2D eigenvalue weighted by atomic mass is 9.63. The summed E-state index contributed by atoms with van der Waals surface area (Å²) in [7, 11) is 0. The first-order valence-corrected chi connectivity index (χ1v) is 18.1. The van der Waals surface area contributed by atoms with E-state index in [9.17, 15) is 0 Å². The molecule has 0 saturated heterocycles. The predicted octanol–water partition coefficient (Wildman–Crippen LogP) is 12.6. The first-order chi connectivity index (χ1) is 23.8. The summed E-state index contributed by atoms with van der Waals surface area (Å²) < 4.78 is 0. The molecule has 0 radical (unpaired) electrons. The summed E-state index contributed by atoms with van der Waals surface area (Å²) in [5.74, 6) is 3.56. The van der Waals surface area contributed by atoms with Crippen LogP contribution in [-0.2, 0) is 5.41 Å². The molecular formula is C47H41N. The number of para-hydroxylation sites is 1. The Kier molecular flexibility index (Phi) is 6.51. The van der Waals surface area contributed by atoms with Gasteiger partial charge in [-0.2, -0.15) is 0 Å². The predicted molar refractivity (Wildman–Crippen MR) is 200 cm³/mol. The molecule has 234 valence electrons. The number of benzene rings is 6. The lowest BCUT2D eigenvalue weighted by Gasteiger charge is -2.40. The standard InChI is InChI=1S/C47H41N/c1-3-10-34(11-4-1)35-18-22-39(23-19-35)48(38-12-5-2-6-13-38)40-24-20-36(21-25-40)41-15-9-17-44-46(41)42-14-7-8-16-43(42)47(44)27-26-32-28-33-30-37(29-32)45(47)31-33/h1-25,32-33,37,45H,26-31H2/t32?,33?,37-,45?,47?/m0/s1. The van der Waals surface area contributed by atoms with Crippen molar-refractivity contribution in [1.82, 2.24) is 0 Å². The Morgan fingerprint density at radius 1 is 0.438 bits per heavy atom. The maximum absolute atomic E-state index is 2.51. The van der Waals surface area contributed by atoms with E-state index in [1.54, 1.807) is 11.1 Å². The molecule has 6 aromatic rings. The second kappa shape index (κ2) is 11.1. The molecule has 10 rings (SSSR count). The van der Waals surface area contributed by atoms with Crippen LogP contribution in [0.1, 0.15) is 49.7 Å². The van der Waals surface area contributed by atoms with Gasteiger partial charge in [-0.05, 0) is 143 Å². The zero-order valence-corrected chi connectivity index (χ0v) is 27.4. The van der Waals surface area contributed by atoms with E-state index in [0.29, 0.717) is 0 Å². The third-order valence-electron chi connectivity index (χ3n) is 12.6. The van der Waals surface area contributed by atoms with Gasteiger partial charge in [-0.1, -0.05) is 115 Å². The van der Waals surface area contributed by atoms with Gasteiger partial charge in [0.05, 0.1) is 0 Å². The molecule has 6 aromatic carbocycles. The van der Waals surface area contributed by atoms with Crippen LogP contribution in [0, 0.1) is 23.7 Å². The quantitative estimate of drug-likeness (QED) is 0.186. The van der Waals surface area contributed by atoms with E-state index in [1.807, 2.05) is 0 Å². The molecule has 0 aromatic heterocycles. The SMILES string of the molecule is c1ccc(-c2ccc(N(c3ccccc3)c3ccc(-c4cccc5c4-c4ccccc4C54CCC5CC6CC4[C@@H](C5)C6)cc3)cc2)cc1. The van der Waals surface area contributed by atoms with Crippen LogP contribution in [0.4, 0.5) is 17.1 Å². The number of rotatable bonds is 5. The molecule has 0 heterocycles. The molecule has 3 saturated carbocycles. The fourth-order valence-corrected chi connectivity index (χ4v) is 10.8. The van der Waals surface area contributed by atoms with Crippen LogP contribution in [0.3, 0.4) is 0 Å². The number of hydrogen-bond acceptors (Lipinski definition) is 1. The fourth-order valence-electron chi connectivity index (χ4n) is 10.8. The molecule has 5 atom stereocenters. The maximum atomic E-state index is 2.51. The fraction of sp³-hybridized carbons (Fsp3) is 0.234. The first kappa shape index (κ1) is 28.2. The van der Waals surface area contributed by atoms with Crippen LogP contribution in [0.5, 0.6) is 0 Å². The number of fused-ring (bicyclic) bond motifs is 8. The zero-order chi connectivity index (χ0) is 31.7. The van der Waals surface area contributed by atoms with Crippen molar-refractivity contribution in [3.63, 3.8) is 0 Å². The van der Waals surface area contributed by atoms with Crippen molar-refractivity contribution in [3.8, 4) is 33.4 Å². The minimum Gasteiger partial charge on any atom is -0.311 e. The molecule has 3 fully saturated rings. The summed E-state index contributed by atoms with van der Waals surface area (Å²) in [6.07, 6.45) is 8.55. The van der Waals surface area contributed by atoms with Crippen molar-refractivity contribution in [2.45, 2.75) is 43.9 Å². The van der Waals surface area contributed by atoms with Crippen molar-refractivity contribution < 1.29 is 0 Å². The molecule has 3 bridgehead atoms. The Morgan fingerprint density at radius 2 is 1.02 bits per heavy atom. The number of hydrogen-bond donors (Lipinski definition) is 0. The molecular weight excluding hydrogens is 579 g/mol. The summed E-state index contributed by atoms with van der Waals surface area (Å²) in [5.41, 5.74) is 15.0. The third-order valence-corrected chi connectivity index (χ3v) is 12.6. The summed E-state index contributed by atoms with van der Waals surface area (Å²) in [6, 6.07) is 56.4. The largest absolute Gasteiger partial charge is 0.311 e. The van der Waals surface area contributed by atoms with E-state index in [0.717, 1.165) is 35.0 Å². The van der Waals surface area contributed by atoms with Gasteiger partial charge in [-0.3, -0.25) is 0 Å². The summed E-state index contributed by atoms with van der Waals surface area (Å²) in [4.78, 5) is 2.37. The molecule has 1 heteroatoms. The van der Waals surface area contributed by atoms with Crippen LogP contribution in [0.2, 0.25) is 0 Å². The minimum absolute atomic E-state index is 0.173. The van der Waals surface area contributed by atoms with Gasteiger partial charge in [-0.15, -0.1) is 0 Å². The second-order valence-corrected chi connectivity index (χ2v) is 15.0. The number of nitrogens with zero attached hydrogens (tertiary/aromatic N) is 1. The van der Waals surface area contributed by atoms with Crippen LogP contribution in [0.25, 0.3) is 33.4 Å². The molecule has 1 nitrogen and oxygen atoms in total. The smallest absolute Gasteiger partial charge is 0.0462 e. The molecule has 0 aliphatic heterocycles. The number of anilines is 3. The van der Waals surface area contributed by atoms with Crippen LogP contribution in [-0.4, -0.2) is 0 Å². The third kappa shape index (κ3) is 4.30. The van der Waals surface area contributed by atoms with E-state index in [2.05, 4.69) is 157 Å².